The lowest BCUT2D eigenvalue weighted by molar-refractivity contribution is 0.156. The van der Waals surface area contributed by atoms with Crippen LogP contribution in [0.15, 0.2) is 0 Å². The number of hydrogen-bond donors (Lipinski definition) is 1. The number of rotatable bonds is 1. The summed E-state index contributed by atoms with van der Waals surface area (Å²) in [5.74, 6) is 0.907. The molecule has 0 spiro atoms. The third kappa shape index (κ3) is 1.00. The van der Waals surface area contributed by atoms with Crippen LogP contribution >= 0.6 is 0 Å². The average molecular weight is 154 g/mol. The molecule has 4 atom stereocenters. The summed E-state index contributed by atoms with van der Waals surface area (Å²) < 4.78 is 0. The maximum absolute atomic E-state index is 5.93. The molecule has 2 bridgehead atoms. The van der Waals surface area contributed by atoms with Crippen LogP contribution in [0.5, 0.6) is 0 Å². The minimum atomic E-state index is 0.357. The van der Waals surface area contributed by atoms with Crippen LogP contribution in [-0.4, -0.2) is 30.1 Å². The normalized spacial score (nSPS) is 46.6. The van der Waals surface area contributed by atoms with Gasteiger partial charge in [0, 0.05) is 18.1 Å². The zero-order valence-corrected chi connectivity index (χ0v) is 7.46. The number of likely N-dealkylation sites (tertiary alicyclic amines) is 1. The lowest BCUT2D eigenvalue weighted by Gasteiger charge is -2.34. The smallest absolute Gasteiger partial charge is 0.0273 e. The molecule has 11 heavy (non-hydrogen) atoms. The van der Waals surface area contributed by atoms with Gasteiger partial charge in [-0.1, -0.05) is 0 Å². The van der Waals surface area contributed by atoms with E-state index in [0.29, 0.717) is 12.1 Å². The van der Waals surface area contributed by atoms with Crippen molar-refractivity contribution in [2.24, 2.45) is 11.7 Å². The first kappa shape index (κ1) is 7.56. The van der Waals surface area contributed by atoms with Gasteiger partial charge in [-0.25, -0.2) is 0 Å². The second-order valence-electron chi connectivity index (χ2n) is 4.24. The molecule has 1 saturated heterocycles. The number of piperidine rings is 1. The van der Waals surface area contributed by atoms with E-state index < -0.39 is 0 Å². The van der Waals surface area contributed by atoms with E-state index >= 15 is 0 Å². The molecule has 1 saturated carbocycles. The minimum Gasteiger partial charge on any atom is -0.327 e. The molecule has 2 heteroatoms. The first-order valence-corrected chi connectivity index (χ1v) is 4.67. The molecule has 0 aromatic rings. The molecule has 2 rings (SSSR count). The Morgan fingerprint density at radius 1 is 1.45 bits per heavy atom. The Hall–Kier alpha value is -0.0800. The van der Waals surface area contributed by atoms with E-state index in [0.717, 1.165) is 12.0 Å². The van der Waals surface area contributed by atoms with E-state index in [2.05, 4.69) is 18.9 Å². The molecule has 0 aromatic heterocycles. The van der Waals surface area contributed by atoms with E-state index in [1.807, 2.05) is 0 Å². The highest BCUT2D eigenvalue weighted by molar-refractivity contribution is 5.00. The fraction of sp³-hybridized carbons (Fsp3) is 1.00. The topological polar surface area (TPSA) is 29.3 Å². The predicted molar refractivity (Wildman–Crippen MR) is 46.3 cm³/mol. The molecular formula is C9H18N2. The monoisotopic (exact) mass is 154 g/mol. The summed E-state index contributed by atoms with van der Waals surface area (Å²) >= 11 is 0. The molecule has 2 nitrogen and oxygen atoms in total. The van der Waals surface area contributed by atoms with Crippen LogP contribution in [0.4, 0.5) is 0 Å². The van der Waals surface area contributed by atoms with Crippen molar-refractivity contribution < 1.29 is 0 Å². The highest BCUT2D eigenvalue weighted by Gasteiger charge is 2.44. The van der Waals surface area contributed by atoms with Crippen LogP contribution in [0.25, 0.3) is 0 Å². The molecule has 0 radical (unpaired) electrons. The van der Waals surface area contributed by atoms with Gasteiger partial charge < -0.3 is 5.73 Å². The van der Waals surface area contributed by atoms with E-state index in [9.17, 15) is 0 Å². The van der Waals surface area contributed by atoms with Crippen LogP contribution in [0.3, 0.4) is 0 Å². The molecule has 64 valence electrons. The molecule has 0 amide bonds. The Labute approximate surface area is 68.7 Å². The van der Waals surface area contributed by atoms with Gasteiger partial charge in [0.15, 0.2) is 0 Å². The van der Waals surface area contributed by atoms with Gasteiger partial charge in [-0.05, 0) is 39.2 Å². The van der Waals surface area contributed by atoms with Gasteiger partial charge in [0.25, 0.3) is 0 Å². The molecule has 1 aliphatic carbocycles. The van der Waals surface area contributed by atoms with Crippen molar-refractivity contribution in [3.8, 4) is 0 Å². The highest BCUT2D eigenvalue weighted by atomic mass is 15.2. The predicted octanol–water partition coefficient (Wildman–Crippen LogP) is 0.816. The molecule has 4 unspecified atom stereocenters. The first-order chi connectivity index (χ1) is 5.20. The summed E-state index contributed by atoms with van der Waals surface area (Å²) in [6.07, 6.45) is 4.23. The van der Waals surface area contributed by atoms with Crippen molar-refractivity contribution >= 4 is 0 Å². The second kappa shape index (κ2) is 2.46. The maximum Gasteiger partial charge on any atom is 0.0273 e. The Morgan fingerprint density at radius 2 is 2.18 bits per heavy atom. The lowest BCUT2D eigenvalue weighted by atomic mass is 9.94. The fourth-order valence-electron chi connectivity index (χ4n) is 3.05. The minimum absolute atomic E-state index is 0.357. The molecule has 1 heterocycles. The molecule has 2 aliphatic rings. The Bertz CT molecular complexity index is 154. The van der Waals surface area contributed by atoms with Crippen LogP contribution in [-0.2, 0) is 0 Å². The third-order valence-corrected chi connectivity index (χ3v) is 3.51. The van der Waals surface area contributed by atoms with Gasteiger partial charge in [0.05, 0.1) is 0 Å². The lowest BCUT2D eigenvalue weighted by Crippen LogP contribution is -2.47. The number of fused-ring (bicyclic) bond motifs is 2. The van der Waals surface area contributed by atoms with Crippen molar-refractivity contribution in [3.63, 3.8) is 0 Å². The van der Waals surface area contributed by atoms with E-state index in [1.54, 1.807) is 0 Å². The second-order valence-corrected chi connectivity index (χ2v) is 4.24. The van der Waals surface area contributed by atoms with Crippen molar-refractivity contribution in [2.45, 2.75) is 44.3 Å². The van der Waals surface area contributed by atoms with Gasteiger partial charge in [0.1, 0.15) is 0 Å². The SMILES string of the molecule is CC(N)C1C2CCC(C2)N1C. The maximum atomic E-state index is 5.93. The quantitative estimate of drug-likeness (QED) is 0.606. The molecular weight excluding hydrogens is 136 g/mol. The summed E-state index contributed by atoms with van der Waals surface area (Å²) in [5.41, 5.74) is 5.93. The van der Waals surface area contributed by atoms with Gasteiger partial charge in [-0.2, -0.15) is 0 Å². The number of likely N-dealkylation sites (N-methyl/N-ethyl adjacent to an activating group) is 1. The summed E-state index contributed by atoms with van der Waals surface area (Å²) in [6, 6.07) is 1.89. The van der Waals surface area contributed by atoms with E-state index in [-0.39, 0.29) is 0 Å². The van der Waals surface area contributed by atoms with Gasteiger partial charge in [0.2, 0.25) is 0 Å². The van der Waals surface area contributed by atoms with Crippen LogP contribution < -0.4 is 5.73 Å². The fourth-order valence-corrected chi connectivity index (χ4v) is 3.05. The summed E-state index contributed by atoms with van der Waals surface area (Å²) in [5, 5.41) is 0. The largest absolute Gasteiger partial charge is 0.327 e. The number of nitrogens with zero attached hydrogens (tertiary/aromatic N) is 1. The summed E-state index contributed by atoms with van der Waals surface area (Å²) in [4.78, 5) is 2.50. The van der Waals surface area contributed by atoms with Crippen LogP contribution in [0, 0.1) is 5.92 Å². The number of nitrogens with two attached hydrogens (primary N) is 1. The molecule has 2 N–H and O–H groups in total. The average Bonchev–Trinajstić information content (AvgIpc) is 2.44. The Kier molecular flexibility index (Phi) is 1.69. The Balaban J connectivity index is 2.11. The molecule has 0 aromatic carbocycles. The third-order valence-electron chi connectivity index (χ3n) is 3.51. The van der Waals surface area contributed by atoms with E-state index in [4.69, 9.17) is 5.73 Å². The number of hydrogen-bond acceptors (Lipinski definition) is 2. The molecule has 2 fully saturated rings. The van der Waals surface area contributed by atoms with Gasteiger partial charge in [-0.15, -0.1) is 0 Å². The van der Waals surface area contributed by atoms with Crippen LogP contribution in [0.1, 0.15) is 26.2 Å². The van der Waals surface area contributed by atoms with Crippen molar-refractivity contribution in [1.29, 1.82) is 0 Å². The Morgan fingerprint density at radius 3 is 2.55 bits per heavy atom. The zero-order chi connectivity index (χ0) is 8.01. The van der Waals surface area contributed by atoms with Gasteiger partial charge >= 0.3 is 0 Å². The van der Waals surface area contributed by atoms with Crippen LogP contribution in [0.2, 0.25) is 0 Å². The first-order valence-electron chi connectivity index (χ1n) is 4.67. The standard InChI is InChI=1S/C9H18N2/c1-6(10)9-7-3-4-8(5-7)11(9)2/h6-9H,3-5,10H2,1-2H3. The summed E-state index contributed by atoms with van der Waals surface area (Å²) in [6.45, 7) is 2.14. The van der Waals surface area contributed by atoms with Crippen molar-refractivity contribution in [3.05, 3.63) is 0 Å². The zero-order valence-electron chi connectivity index (χ0n) is 7.46. The molecule has 1 aliphatic heterocycles. The van der Waals surface area contributed by atoms with Gasteiger partial charge in [-0.3, -0.25) is 4.90 Å². The van der Waals surface area contributed by atoms with Crippen molar-refractivity contribution in [1.82, 2.24) is 4.90 Å². The van der Waals surface area contributed by atoms with E-state index in [1.165, 1.54) is 19.3 Å². The van der Waals surface area contributed by atoms with Crippen molar-refractivity contribution in [2.75, 3.05) is 7.05 Å². The summed E-state index contributed by atoms with van der Waals surface area (Å²) in [7, 11) is 2.23. The highest BCUT2D eigenvalue weighted by Crippen LogP contribution is 2.41.